The van der Waals surface area contributed by atoms with Gasteiger partial charge in [0, 0.05) is 21.8 Å². The van der Waals surface area contributed by atoms with Crippen LogP contribution >= 0.6 is 11.8 Å². The fraction of sp³-hybridized carbons (Fsp3) is 0.292. The highest BCUT2D eigenvalue weighted by molar-refractivity contribution is 7.98. The van der Waals surface area contributed by atoms with Crippen LogP contribution in [-0.4, -0.2) is 19.2 Å². The Kier molecular flexibility index (Phi) is 7.56. The lowest BCUT2D eigenvalue weighted by atomic mass is 10.1. The quantitative estimate of drug-likeness (QED) is 0.271. The molecule has 8 heteroatoms. The lowest BCUT2D eigenvalue weighted by Crippen LogP contribution is -2.14. The highest BCUT2D eigenvalue weighted by Gasteiger charge is 2.30. The second-order valence-electron chi connectivity index (χ2n) is 7.08. The van der Waals surface area contributed by atoms with Crippen LogP contribution in [0, 0.1) is 13.8 Å². The number of halogens is 3. The Morgan fingerprint density at radius 2 is 1.78 bits per heavy atom. The molecule has 0 amide bonds. The first-order valence-corrected chi connectivity index (χ1v) is 10.9. The van der Waals surface area contributed by atoms with E-state index in [1.807, 2.05) is 38.1 Å². The number of rotatable bonds is 8. The first kappa shape index (κ1) is 23.8. The predicted octanol–water partition coefficient (Wildman–Crippen LogP) is 6.82. The molecule has 0 saturated carbocycles. The van der Waals surface area contributed by atoms with Gasteiger partial charge in [0.15, 0.2) is 6.61 Å². The van der Waals surface area contributed by atoms with Crippen LogP contribution in [0.25, 0.3) is 11.3 Å². The summed E-state index contributed by atoms with van der Waals surface area (Å²) in [4.78, 5) is 12.5. The van der Waals surface area contributed by atoms with Crippen molar-refractivity contribution in [1.82, 2.24) is 0 Å². The summed E-state index contributed by atoms with van der Waals surface area (Å²) in [5.74, 6) is 2.10. The summed E-state index contributed by atoms with van der Waals surface area (Å²) in [7, 11) is 0. The molecule has 2 aromatic carbocycles. The van der Waals surface area contributed by atoms with Crippen molar-refractivity contribution in [1.29, 1.82) is 0 Å². The lowest BCUT2D eigenvalue weighted by molar-refractivity contribution is -0.145. The van der Waals surface area contributed by atoms with Crippen LogP contribution < -0.4 is 4.74 Å². The van der Waals surface area contributed by atoms with E-state index in [-0.39, 0.29) is 6.61 Å². The number of esters is 1. The Hall–Kier alpha value is -2.87. The molecule has 3 aromatic rings. The molecule has 32 heavy (non-hydrogen) atoms. The van der Waals surface area contributed by atoms with E-state index in [1.165, 1.54) is 12.1 Å². The molecule has 4 nitrogen and oxygen atoms in total. The number of hydrogen-bond donors (Lipinski definition) is 0. The average molecular weight is 465 g/mol. The van der Waals surface area contributed by atoms with Crippen molar-refractivity contribution in [2.75, 3.05) is 13.2 Å². The maximum atomic E-state index is 12.8. The third-order valence-corrected chi connectivity index (χ3v) is 5.75. The molecule has 1 aromatic heterocycles. The van der Waals surface area contributed by atoms with E-state index in [9.17, 15) is 18.0 Å². The van der Waals surface area contributed by atoms with Crippen molar-refractivity contribution in [3.8, 4) is 17.1 Å². The van der Waals surface area contributed by atoms with Crippen molar-refractivity contribution in [3.05, 3.63) is 71.0 Å². The molecule has 0 aliphatic carbocycles. The fourth-order valence-electron chi connectivity index (χ4n) is 3.00. The molecule has 0 atom stereocenters. The molecule has 0 aliphatic rings. The summed E-state index contributed by atoms with van der Waals surface area (Å²) in [6.07, 6.45) is -4.36. The molecule has 0 N–H and O–H groups in total. The summed E-state index contributed by atoms with van der Waals surface area (Å²) in [5, 5.41) is 0. The zero-order valence-electron chi connectivity index (χ0n) is 17.9. The molecule has 1 heterocycles. The fourth-order valence-corrected chi connectivity index (χ4v) is 4.04. The molecule has 0 spiro atoms. The lowest BCUT2D eigenvalue weighted by Gasteiger charge is -2.10. The minimum atomic E-state index is -4.36. The van der Waals surface area contributed by atoms with E-state index >= 15 is 0 Å². The SMILES string of the molecule is CCOC(=O)COc1ccc(SCc2cc(-c3ccc(C(F)(F)F)cc3)oc2C)cc1C. The van der Waals surface area contributed by atoms with Crippen LogP contribution in [0.3, 0.4) is 0 Å². The first-order chi connectivity index (χ1) is 15.2. The second kappa shape index (κ2) is 10.2. The molecule has 0 radical (unpaired) electrons. The monoisotopic (exact) mass is 464 g/mol. The van der Waals surface area contributed by atoms with Crippen LogP contribution in [0.2, 0.25) is 0 Å². The topological polar surface area (TPSA) is 48.7 Å². The van der Waals surface area contributed by atoms with Crippen molar-refractivity contribution in [3.63, 3.8) is 0 Å². The van der Waals surface area contributed by atoms with Gasteiger partial charge in [-0.1, -0.05) is 12.1 Å². The molecule has 0 aliphatic heterocycles. The number of carbonyl (C=O) groups is 1. The van der Waals surface area contributed by atoms with Gasteiger partial charge in [-0.25, -0.2) is 4.79 Å². The number of hydrogen-bond acceptors (Lipinski definition) is 5. The number of aryl methyl sites for hydroxylation is 2. The molecular formula is C24H23F3O4S. The summed E-state index contributed by atoms with van der Waals surface area (Å²) in [6.45, 7) is 5.65. The van der Waals surface area contributed by atoms with Crippen molar-refractivity contribution in [2.45, 2.75) is 37.6 Å². The maximum absolute atomic E-state index is 12.8. The van der Waals surface area contributed by atoms with E-state index in [2.05, 4.69) is 0 Å². The zero-order chi connectivity index (χ0) is 23.3. The number of alkyl halides is 3. The van der Waals surface area contributed by atoms with Gasteiger partial charge in [0.1, 0.15) is 17.3 Å². The predicted molar refractivity (Wildman–Crippen MR) is 117 cm³/mol. The van der Waals surface area contributed by atoms with Gasteiger partial charge in [-0.15, -0.1) is 11.8 Å². The number of benzene rings is 2. The van der Waals surface area contributed by atoms with Crippen LogP contribution in [0.4, 0.5) is 13.2 Å². The molecule has 170 valence electrons. The number of carbonyl (C=O) groups excluding carboxylic acids is 1. The number of thioether (sulfide) groups is 1. The number of ether oxygens (including phenoxy) is 2. The minimum Gasteiger partial charge on any atom is -0.482 e. The van der Waals surface area contributed by atoms with Crippen molar-refractivity contribution in [2.24, 2.45) is 0 Å². The minimum absolute atomic E-state index is 0.137. The van der Waals surface area contributed by atoms with Crippen LogP contribution in [0.5, 0.6) is 5.75 Å². The van der Waals surface area contributed by atoms with Gasteiger partial charge in [0.25, 0.3) is 0 Å². The van der Waals surface area contributed by atoms with Crippen LogP contribution in [-0.2, 0) is 21.5 Å². The smallest absolute Gasteiger partial charge is 0.416 e. The van der Waals surface area contributed by atoms with E-state index in [0.717, 1.165) is 33.9 Å². The Morgan fingerprint density at radius 1 is 1.06 bits per heavy atom. The average Bonchev–Trinajstić information content (AvgIpc) is 3.12. The molecule has 0 fully saturated rings. The van der Waals surface area contributed by atoms with Gasteiger partial charge in [-0.05, 0) is 62.7 Å². The van der Waals surface area contributed by atoms with Gasteiger partial charge < -0.3 is 13.9 Å². The molecule has 3 rings (SSSR count). The largest absolute Gasteiger partial charge is 0.482 e. The third kappa shape index (κ3) is 6.09. The second-order valence-corrected chi connectivity index (χ2v) is 8.13. The Bertz CT molecular complexity index is 1070. The van der Waals surface area contributed by atoms with Gasteiger partial charge in [0.2, 0.25) is 0 Å². The summed E-state index contributed by atoms with van der Waals surface area (Å²) in [5.41, 5.74) is 1.76. The molecular weight excluding hydrogens is 441 g/mol. The number of furan rings is 1. The maximum Gasteiger partial charge on any atom is 0.416 e. The van der Waals surface area contributed by atoms with Gasteiger partial charge in [-0.3, -0.25) is 0 Å². The normalized spacial score (nSPS) is 11.4. The Balaban J connectivity index is 1.63. The van der Waals surface area contributed by atoms with Crippen LogP contribution in [0.15, 0.2) is 57.8 Å². The van der Waals surface area contributed by atoms with E-state index in [1.54, 1.807) is 18.7 Å². The van der Waals surface area contributed by atoms with Crippen molar-refractivity contribution >= 4 is 17.7 Å². The standard InChI is InChI=1S/C24H23F3O4S/c1-4-29-23(28)13-30-21-10-9-20(11-15(21)2)32-14-18-12-22(31-16(18)3)17-5-7-19(8-6-17)24(25,26)27/h5-12H,4,13-14H2,1-3H3. The highest BCUT2D eigenvalue weighted by atomic mass is 32.2. The molecule has 0 saturated heterocycles. The molecule has 0 bridgehead atoms. The highest BCUT2D eigenvalue weighted by Crippen LogP contribution is 2.34. The first-order valence-electron chi connectivity index (χ1n) is 9.96. The van der Waals surface area contributed by atoms with Crippen LogP contribution in [0.1, 0.15) is 29.4 Å². The molecule has 0 unspecified atom stereocenters. The summed E-state index contributed by atoms with van der Waals surface area (Å²) >= 11 is 1.60. The van der Waals surface area contributed by atoms with Gasteiger partial charge >= 0.3 is 12.1 Å². The van der Waals surface area contributed by atoms with Gasteiger partial charge in [-0.2, -0.15) is 13.2 Å². The third-order valence-electron chi connectivity index (χ3n) is 4.71. The summed E-state index contributed by atoms with van der Waals surface area (Å²) in [6, 6.07) is 12.5. The van der Waals surface area contributed by atoms with E-state index in [0.29, 0.717) is 29.4 Å². The Morgan fingerprint density at radius 3 is 2.41 bits per heavy atom. The van der Waals surface area contributed by atoms with Gasteiger partial charge in [0.05, 0.1) is 12.2 Å². The van der Waals surface area contributed by atoms with Crippen molar-refractivity contribution < 1.29 is 31.9 Å². The van der Waals surface area contributed by atoms with E-state index in [4.69, 9.17) is 13.9 Å². The van der Waals surface area contributed by atoms with E-state index < -0.39 is 17.7 Å². The summed E-state index contributed by atoms with van der Waals surface area (Å²) < 4.78 is 54.4. The zero-order valence-corrected chi connectivity index (χ0v) is 18.7. The Labute approximate surface area is 188 Å².